The minimum absolute atomic E-state index is 0. The maximum Gasteiger partial charge on any atom is 0.120 e. The third-order valence-electron chi connectivity index (χ3n) is 3.23. The number of hydrogen-bond acceptors (Lipinski definition) is 2. The van der Waals surface area contributed by atoms with Gasteiger partial charge < -0.3 is 10.1 Å². The molecule has 1 N–H and O–H groups in total. The SMILES string of the molecule is Cl.Clc1ccc(OC2C[C@H]3C=C[C@@H](C2)N3)cc1Br. The number of fused-ring (bicyclic) bond motifs is 2. The van der Waals surface area contributed by atoms with Gasteiger partial charge in [-0.25, -0.2) is 0 Å². The van der Waals surface area contributed by atoms with Crippen LogP contribution in [-0.4, -0.2) is 18.2 Å². The molecule has 98 valence electrons. The van der Waals surface area contributed by atoms with Crippen LogP contribution in [0.5, 0.6) is 5.75 Å². The normalized spacial score (nSPS) is 28.9. The molecule has 0 spiro atoms. The van der Waals surface area contributed by atoms with Gasteiger partial charge in [0.2, 0.25) is 0 Å². The van der Waals surface area contributed by atoms with Crippen molar-refractivity contribution in [3.8, 4) is 5.75 Å². The van der Waals surface area contributed by atoms with Crippen LogP contribution in [0.3, 0.4) is 0 Å². The van der Waals surface area contributed by atoms with Gasteiger partial charge in [0.1, 0.15) is 11.9 Å². The van der Waals surface area contributed by atoms with Crippen LogP contribution >= 0.6 is 39.9 Å². The first-order valence-corrected chi connectivity index (χ1v) is 6.94. The van der Waals surface area contributed by atoms with Crippen molar-refractivity contribution < 1.29 is 4.74 Å². The van der Waals surface area contributed by atoms with E-state index in [1.807, 2.05) is 18.2 Å². The molecule has 2 aliphatic heterocycles. The molecule has 0 radical (unpaired) electrons. The molecule has 2 aliphatic rings. The molecule has 3 rings (SSSR count). The van der Waals surface area contributed by atoms with Gasteiger partial charge in [0.25, 0.3) is 0 Å². The standard InChI is InChI=1S/C13H13BrClNO.ClH/c14-12-7-10(3-4-13(12)15)17-11-5-8-1-2-9(6-11)16-8;/h1-4,7-9,11,16H,5-6H2;1H/t8-,9+,11?;. The first-order chi connectivity index (χ1) is 8.20. The van der Waals surface area contributed by atoms with E-state index in [2.05, 4.69) is 33.4 Å². The second-order valence-corrected chi connectivity index (χ2v) is 5.81. The van der Waals surface area contributed by atoms with Crippen molar-refractivity contribution in [1.82, 2.24) is 5.32 Å². The highest BCUT2D eigenvalue weighted by molar-refractivity contribution is 9.10. The van der Waals surface area contributed by atoms with E-state index in [0.29, 0.717) is 17.1 Å². The second-order valence-electron chi connectivity index (χ2n) is 4.55. The maximum atomic E-state index is 6.00. The quantitative estimate of drug-likeness (QED) is 0.815. The Morgan fingerprint density at radius 2 is 1.89 bits per heavy atom. The highest BCUT2D eigenvalue weighted by atomic mass is 79.9. The molecule has 2 bridgehead atoms. The number of piperidine rings is 1. The van der Waals surface area contributed by atoms with Crippen molar-refractivity contribution in [3.63, 3.8) is 0 Å². The van der Waals surface area contributed by atoms with Gasteiger partial charge in [0, 0.05) is 29.4 Å². The minimum Gasteiger partial charge on any atom is -0.490 e. The van der Waals surface area contributed by atoms with Crippen LogP contribution in [0.2, 0.25) is 5.02 Å². The van der Waals surface area contributed by atoms with Crippen molar-refractivity contribution in [2.24, 2.45) is 0 Å². The largest absolute Gasteiger partial charge is 0.490 e. The summed E-state index contributed by atoms with van der Waals surface area (Å²) in [4.78, 5) is 0. The lowest BCUT2D eigenvalue weighted by atomic mass is 10.0. The zero-order valence-corrected chi connectivity index (χ0v) is 12.8. The third-order valence-corrected chi connectivity index (χ3v) is 4.45. The van der Waals surface area contributed by atoms with Gasteiger partial charge in [-0.2, -0.15) is 0 Å². The van der Waals surface area contributed by atoms with E-state index in [1.54, 1.807) is 0 Å². The van der Waals surface area contributed by atoms with Gasteiger partial charge in [0.05, 0.1) is 5.02 Å². The minimum atomic E-state index is 0. The average Bonchev–Trinajstić information content (AvgIpc) is 2.64. The molecule has 5 heteroatoms. The van der Waals surface area contributed by atoms with Crippen molar-refractivity contribution in [3.05, 3.63) is 39.8 Å². The fourth-order valence-corrected chi connectivity index (χ4v) is 2.92. The highest BCUT2D eigenvalue weighted by Crippen LogP contribution is 2.30. The molecule has 0 aliphatic carbocycles. The maximum absolute atomic E-state index is 6.00. The summed E-state index contributed by atoms with van der Waals surface area (Å²) in [7, 11) is 0. The molecule has 1 aromatic carbocycles. The predicted molar refractivity (Wildman–Crippen MR) is 79.9 cm³/mol. The number of benzene rings is 1. The van der Waals surface area contributed by atoms with Gasteiger partial charge in [0.15, 0.2) is 0 Å². The van der Waals surface area contributed by atoms with Crippen LogP contribution in [0.4, 0.5) is 0 Å². The first kappa shape index (κ1) is 14.2. The van der Waals surface area contributed by atoms with E-state index in [9.17, 15) is 0 Å². The molecule has 1 aromatic rings. The number of ether oxygens (including phenoxy) is 1. The van der Waals surface area contributed by atoms with Crippen LogP contribution in [0.1, 0.15) is 12.8 Å². The van der Waals surface area contributed by atoms with E-state index < -0.39 is 0 Å². The van der Waals surface area contributed by atoms with E-state index in [4.69, 9.17) is 16.3 Å². The lowest BCUT2D eigenvalue weighted by Gasteiger charge is -2.29. The summed E-state index contributed by atoms with van der Waals surface area (Å²) >= 11 is 9.37. The Balaban J connectivity index is 0.00000120. The number of nitrogens with one attached hydrogen (secondary N) is 1. The molecule has 18 heavy (non-hydrogen) atoms. The van der Waals surface area contributed by atoms with Crippen LogP contribution in [-0.2, 0) is 0 Å². The van der Waals surface area contributed by atoms with Crippen LogP contribution < -0.4 is 10.1 Å². The van der Waals surface area contributed by atoms with E-state index in [1.165, 1.54) is 0 Å². The summed E-state index contributed by atoms with van der Waals surface area (Å²) in [6, 6.07) is 6.67. The summed E-state index contributed by atoms with van der Waals surface area (Å²) in [6.07, 6.45) is 6.84. The zero-order chi connectivity index (χ0) is 11.8. The Labute approximate surface area is 126 Å². The molecular formula is C13H14BrCl2NO. The summed E-state index contributed by atoms with van der Waals surface area (Å²) < 4.78 is 6.88. The molecule has 1 unspecified atom stereocenters. The summed E-state index contributed by atoms with van der Waals surface area (Å²) in [6.45, 7) is 0. The number of halogens is 3. The average molecular weight is 351 g/mol. The molecule has 0 amide bonds. The van der Waals surface area contributed by atoms with E-state index >= 15 is 0 Å². The summed E-state index contributed by atoms with van der Waals surface area (Å²) in [5.74, 6) is 0.882. The second kappa shape index (κ2) is 5.83. The highest BCUT2D eigenvalue weighted by Gasteiger charge is 2.30. The van der Waals surface area contributed by atoms with Crippen LogP contribution in [0.25, 0.3) is 0 Å². The predicted octanol–water partition coefficient (Wildman–Crippen LogP) is 3.96. The van der Waals surface area contributed by atoms with Crippen LogP contribution in [0.15, 0.2) is 34.8 Å². The smallest absolute Gasteiger partial charge is 0.120 e. The topological polar surface area (TPSA) is 21.3 Å². The van der Waals surface area contributed by atoms with Gasteiger partial charge in [-0.05, 0) is 34.1 Å². The lowest BCUT2D eigenvalue weighted by molar-refractivity contribution is 0.142. The molecular weight excluding hydrogens is 337 g/mol. The molecule has 2 nitrogen and oxygen atoms in total. The molecule has 1 fully saturated rings. The van der Waals surface area contributed by atoms with Gasteiger partial charge in [-0.1, -0.05) is 23.8 Å². The Hall–Kier alpha value is -0.220. The van der Waals surface area contributed by atoms with E-state index in [0.717, 1.165) is 23.1 Å². The Morgan fingerprint density at radius 1 is 1.22 bits per heavy atom. The summed E-state index contributed by atoms with van der Waals surface area (Å²) in [5.41, 5.74) is 0. The fraction of sp³-hybridized carbons (Fsp3) is 0.385. The Kier molecular flexibility index (Phi) is 4.59. The van der Waals surface area contributed by atoms with Crippen molar-refractivity contribution in [2.45, 2.75) is 31.0 Å². The van der Waals surface area contributed by atoms with Crippen molar-refractivity contribution in [2.75, 3.05) is 0 Å². The first-order valence-electron chi connectivity index (χ1n) is 5.77. The molecule has 0 aromatic heterocycles. The summed E-state index contributed by atoms with van der Waals surface area (Å²) in [5, 5.41) is 4.22. The Morgan fingerprint density at radius 3 is 2.50 bits per heavy atom. The number of rotatable bonds is 2. The monoisotopic (exact) mass is 349 g/mol. The number of hydrogen-bond donors (Lipinski definition) is 1. The van der Waals surface area contributed by atoms with Gasteiger partial charge in [-0.15, -0.1) is 12.4 Å². The Bertz CT molecular complexity index is 452. The molecule has 2 heterocycles. The van der Waals surface area contributed by atoms with E-state index in [-0.39, 0.29) is 18.5 Å². The molecule has 0 saturated carbocycles. The van der Waals surface area contributed by atoms with Gasteiger partial charge >= 0.3 is 0 Å². The zero-order valence-electron chi connectivity index (χ0n) is 9.61. The van der Waals surface area contributed by atoms with Gasteiger partial charge in [-0.3, -0.25) is 0 Å². The molecule has 3 atom stereocenters. The molecule has 1 saturated heterocycles. The third kappa shape index (κ3) is 3.02. The fourth-order valence-electron chi connectivity index (χ4n) is 2.45. The van der Waals surface area contributed by atoms with Crippen LogP contribution in [0, 0.1) is 0 Å². The van der Waals surface area contributed by atoms with Crippen molar-refractivity contribution in [1.29, 1.82) is 0 Å². The lowest BCUT2D eigenvalue weighted by Crippen LogP contribution is -2.43. The van der Waals surface area contributed by atoms with Crippen molar-refractivity contribution >= 4 is 39.9 Å².